The Balaban J connectivity index is 1.47. The maximum Gasteiger partial charge on any atom is 0.235 e. The Morgan fingerprint density at radius 3 is 2.65 bits per heavy atom. The molecule has 3 aromatic rings. The summed E-state index contributed by atoms with van der Waals surface area (Å²) < 4.78 is 30.4. The van der Waals surface area contributed by atoms with Gasteiger partial charge in [-0.3, -0.25) is 4.79 Å². The maximum absolute atomic E-state index is 12.4. The van der Waals surface area contributed by atoms with E-state index in [9.17, 15) is 13.2 Å². The van der Waals surface area contributed by atoms with Crippen LogP contribution >= 0.6 is 11.3 Å². The van der Waals surface area contributed by atoms with E-state index in [1.165, 1.54) is 16.9 Å². The van der Waals surface area contributed by atoms with E-state index in [1.807, 2.05) is 55.5 Å². The van der Waals surface area contributed by atoms with Crippen molar-refractivity contribution in [3.63, 3.8) is 0 Å². The zero-order chi connectivity index (χ0) is 22.3. The summed E-state index contributed by atoms with van der Waals surface area (Å²) in [6.07, 6.45) is 0.960. The molecule has 0 aliphatic rings. The van der Waals surface area contributed by atoms with Gasteiger partial charge in [0, 0.05) is 10.9 Å². The highest BCUT2D eigenvalue weighted by Gasteiger charge is 2.19. The number of nitrogens with zero attached hydrogens (tertiary/aromatic N) is 1. The second kappa shape index (κ2) is 10.5. The number of aryl methyl sites for hydroxylation is 2. The van der Waals surface area contributed by atoms with E-state index < -0.39 is 21.5 Å². The summed E-state index contributed by atoms with van der Waals surface area (Å²) in [4.78, 5) is 16.5. The predicted molar refractivity (Wildman–Crippen MR) is 124 cm³/mol. The van der Waals surface area contributed by atoms with Crippen LogP contribution in [0.4, 0.5) is 0 Å². The van der Waals surface area contributed by atoms with E-state index in [4.69, 9.17) is 4.74 Å². The van der Waals surface area contributed by atoms with E-state index >= 15 is 0 Å². The molecule has 164 valence electrons. The summed E-state index contributed by atoms with van der Waals surface area (Å²) in [6, 6.07) is 15.6. The van der Waals surface area contributed by atoms with Crippen LogP contribution < -0.4 is 10.1 Å². The molecule has 0 atom stereocenters. The number of benzene rings is 2. The Labute approximate surface area is 187 Å². The van der Waals surface area contributed by atoms with Gasteiger partial charge in [-0.25, -0.2) is 13.4 Å². The van der Waals surface area contributed by atoms with Crippen molar-refractivity contribution >= 4 is 27.1 Å². The van der Waals surface area contributed by atoms with Gasteiger partial charge in [-0.2, -0.15) is 0 Å². The van der Waals surface area contributed by atoms with Crippen LogP contribution in [0, 0.1) is 6.92 Å². The Kier molecular flexibility index (Phi) is 7.81. The quantitative estimate of drug-likeness (QED) is 0.467. The number of aromatic nitrogens is 1. The molecule has 0 radical (unpaired) electrons. The van der Waals surface area contributed by atoms with Crippen molar-refractivity contribution in [2.75, 3.05) is 18.9 Å². The fourth-order valence-corrected chi connectivity index (χ4v) is 5.11. The molecule has 2 aromatic carbocycles. The molecule has 31 heavy (non-hydrogen) atoms. The normalized spacial score (nSPS) is 11.3. The van der Waals surface area contributed by atoms with Gasteiger partial charge in [0.25, 0.3) is 0 Å². The first-order valence-electron chi connectivity index (χ1n) is 10.0. The summed E-state index contributed by atoms with van der Waals surface area (Å²) >= 11 is 1.40. The first-order valence-corrected chi connectivity index (χ1v) is 12.7. The molecule has 0 unspecified atom stereocenters. The molecule has 0 fully saturated rings. The van der Waals surface area contributed by atoms with Crippen LogP contribution in [-0.2, 0) is 26.8 Å². The van der Waals surface area contributed by atoms with Gasteiger partial charge in [0.1, 0.15) is 23.1 Å². The molecule has 0 saturated heterocycles. The third-order valence-electron chi connectivity index (χ3n) is 4.56. The number of nitrogens with one attached hydrogen (secondary N) is 1. The molecule has 0 spiro atoms. The lowest BCUT2D eigenvalue weighted by molar-refractivity contribution is -0.118. The minimum atomic E-state index is -3.62. The molecule has 1 N–H and O–H groups in total. The van der Waals surface area contributed by atoms with Gasteiger partial charge in [-0.05, 0) is 36.6 Å². The first-order chi connectivity index (χ1) is 14.8. The highest BCUT2D eigenvalue weighted by molar-refractivity contribution is 7.91. The summed E-state index contributed by atoms with van der Waals surface area (Å²) in [7, 11) is -3.62. The monoisotopic (exact) mass is 458 g/mol. The molecule has 6 nitrogen and oxygen atoms in total. The summed E-state index contributed by atoms with van der Waals surface area (Å²) in [6.45, 7) is 4.56. The standard InChI is InChI=1S/C23H26N2O4S2/c1-3-18-7-9-19(10-8-18)23-25-20(14-30-23)15-31(27,28)16-22(26)24-11-12-29-21-6-4-5-17(2)13-21/h4-10,13-14H,3,11-12,15-16H2,1-2H3,(H,24,26). The molecule has 0 aliphatic carbocycles. The Morgan fingerprint density at radius 2 is 1.94 bits per heavy atom. The molecule has 1 heterocycles. The molecule has 1 aromatic heterocycles. The number of ether oxygens (including phenoxy) is 1. The third kappa shape index (κ3) is 7.18. The number of hydrogen-bond acceptors (Lipinski definition) is 6. The Hall–Kier alpha value is -2.71. The van der Waals surface area contributed by atoms with Crippen LogP contribution in [0.2, 0.25) is 0 Å². The SMILES string of the molecule is CCc1ccc(-c2nc(CS(=O)(=O)CC(=O)NCCOc3cccc(C)c3)cs2)cc1. The molecule has 0 bridgehead atoms. The van der Waals surface area contributed by atoms with Crippen LogP contribution in [0.3, 0.4) is 0 Å². The smallest absolute Gasteiger partial charge is 0.235 e. The Bertz CT molecular complexity index is 1120. The minimum Gasteiger partial charge on any atom is -0.492 e. The van der Waals surface area contributed by atoms with Gasteiger partial charge in [-0.1, -0.05) is 43.3 Å². The largest absolute Gasteiger partial charge is 0.492 e. The third-order valence-corrected chi connectivity index (χ3v) is 6.94. The van der Waals surface area contributed by atoms with Gasteiger partial charge >= 0.3 is 0 Å². The van der Waals surface area contributed by atoms with E-state index in [1.54, 1.807) is 5.38 Å². The average molecular weight is 459 g/mol. The maximum atomic E-state index is 12.4. The molecule has 8 heteroatoms. The average Bonchev–Trinajstić information content (AvgIpc) is 3.18. The number of amides is 1. The molecule has 0 aliphatic heterocycles. The summed E-state index contributed by atoms with van der Waals surface area (Å²) in [5, 5.41) is 5.09. The van der Waals surface area contributed by atoms with E-state index in [0.717, 1.165) is 22.6 Å². The zero-order valence-corrected chi connectivity index (χ0v) is 19.3. The second-order valence-corrected chi connectivity index (χ2v) is 10.2. The zero-order valence-electron chi connectivity index (χ0n) is 17.6. The number of rotatable bonds is 10. The highest BCUT2D eigenvalue weighted by atomic mass is 32.2. The van der Waals surface area contributed by atoms with Gasteiger partial charge in [0.15, 0.2) is 9.84 Å². The van der Waals surface area contributed by atoms with Crippen LogP contribution in [0.1, 0.15) is 23.7 Å². The van der Waals surface area contributed by atoms with E-state index in [0.29, 0.717) is 11.4 Å². The van der Waals surface area contributed by atoms with Crippen molar-refractivity contribution in [1.29, 1.82) is 0 Å². The number of hydrogen-bond donors (Lipinski definition) is 1. The van der Waals surface area contributed by atoms with E-state index in [2.05, 4.69) is 17.2 Å². The summed E-state index contributed by atoms with van der Waals surface area (Å²) in [5.74, 6) is -0.664. The van der Waals surface area contributed by atoms with E-state index in [-0.39, 0.29) is 18.9 Å². The summed E-state index contributed by atoms with van der Waals surface area (Å²) in [5.41, 5.74) is 3.72. The van der Waals surface area contributed by atoms with Crippen LogP contribution in [0.25, 0.3) is 10.6 Å². The fourth-order valence-electron chi connectivity index (χ4n) is 2.98. The van der Waals surface area contributed by atoms with Crippen molar-refractivity contribution in [2.24, 2.45) is 0 Å². The second-order valence-electron chi connectivity index (χ2n) is 7.24. The van der Waals surface area contributed by atoms with Crippen molar-refractivity contribution < 1.29 is 17.9 Å². The fraction of sp³-hybridized carbons (Fsp3) is 0.304. The lowest BCUT2D eigenvalue weighted by Gasteiger charge is -2.08. The van der Waals surface area contributed by atoms with Crippen LogP contribution in [-0.4, -0.2) is 38.2 Å². The topological polar surface area (TPSA) is 85.4 Å². The lowest BCUT2D eigenvalue weighted by Crippen LogP contribution is -2.33. The molecule has 0 saturated carbocycles. The van der Waals surface area contributed by atoms with Crippen molar-refractivity contribution in [3.05, 3.63) is 70.7 Å². The highest BCUT2D eigenvalue weighted by Crippen LogP contribution is 2.25. The van der Waals surface area contributed by atoms with Crippen molar-refractivity contribution in [3.8, 4) is 16.3 Å². The number of carbonyl (C=O) groups is 1. The number of thiazole rings is 1. The lowest BCUT2D eigenvalue weighted by atomic mass is 10.1. The van der Waals surface area contributed by atoms with Gasteiger partial charge in [0.05, 0.1) is 18.0 Å². The van der Waals surface area contributed by atoms with Crippen molar-refractivity contribution in [2.45, 2.75) is 26.0 Å². The van der Waals surface area contributed by atoms with Gasteiger partial charge in [0.2, 0.25) is 5.91 Å². The number of sulfone groups is 1. The van der Waals surface area contributed by atoms with Crippen molar-refractivity contribution in [1.82, 2.24) is 10.3 Å². The Morgan fingerprint density at radius 1 is 1.16 bits per heavy atom. The minimum absolute atomic E-state index is 0.233. The van der Waals surface area contributed by atoms with Gasteiger partial charge < -0.3 is 10.1 Å². The van der Waals surface area contributed by atoms with Gasteiger partial charge in [-0.15, -0.1) is 11.3 Å². The molecule has 3 rings (SSSR count). The predicted octanol–water partition coefficient (Wildman–Crippen LogP) is 3.79. The molecular formula is C23H26N2O4S2. The number of carbonyl (C=O) groups excluding carboxylic acids is 1. The van der Waals surface area contributed by atoms with Crippen LogP contribution in [0.5, 0.6) is 5.75 Å². The van der Waals surface area contributed by atoms with Crippen LogP contribution in [0.15, 0.2) is 53.9 Å². The molecule has 1 amide bonds. The molecular weight excluding hydrogens is 432 g/mol. The first kappa shape index (κ1) is 23.0.